The molecule has 1 unspecified atom stereocenters. The van der Waals surface area contributed by atoms with Gasteiger partial charge in [-0.3, -0.25) is 4.79 Å². The zero-order chi connectivity index (χ0) is 16.4. The summed E-state index contributed by atoms with van der Waals surface area (Å²) in [5, 5.41) is 17.3. The molecule has 1 aromatic carbocycles. The summed E-state index contributed by atoms with van der Waals surface area (Å²) in [6.45, 7) is 1.89. The van der Waals surface area contributed by atoms with Crippen LogP contribution >= 0.6 is 11.3 Å². The van der Waals surface area contributed by atoms with Crippen LogP contribution in [0.4, 0.5) is 0 Å². The Hall–Kier alpha value is -2.31. The summed E-state index contributed by atoms with van der Waals surface area (Å²) in [5.41, 5.74) is 1.90. The Morgan fingerprint density at radius 2 is 2.26 bits per heavy atom. The van der Waals surface area contributed by atoms with Crippen molar-refractivity contribution in [1.29, 1.82) is 0 Å². The van der Waals surface area contributed by atoms with E-state index in [0.29, 0.717) is 28.0 Å². The Kier molecular flexibility index (Phi) is 4.36. The van der Waals surface area contributed by atoms with Gasteiger partial charge in [0.1, 0.15) is 17.1 Å². The lowest BCUT2D eigenvalue weighted by atomic mass is 10.1. The van der Waals surface area contributed by atoms with Crippen LogP contribution in [0.3, 0.4) is 0 Å². The number of hydrogen-bond acceptors (Lipinski definition) is 5. The number of hydrogen-bond donors (Lipinski definition) is 2. The normalized spacial score (nSPS) is 12.3. The van der Waals surface area contributed by atoms with E-state index in [-0.39, 0.29) is 12.5 Å². The van der Waals surface area contributed by atoms with Gasteiger partial charge in [0.2, 0.25) is 0 Å². The quantitative estimate of drug-likeness (QED) is 0.753. The molecule has 2 N–H and O–H groups in total. The molecule has 0 aliphatic rings. The molecule has 0 spiro atoms. The van der Waals surface area contributed by atoms with Crippen molar-refractivity contribution in [3.05, 3.63) is 51.9 Å². The zero-order valence-corrected chi connectivity index (χ0v) is 13.6. The second-order valence-electron chi connectivity index (χ2n) is 5.18. The molecule has 0 saturated carbocycles. The first-order valence-corrected chi connectivity index (χ1v) is 8.10. The molecule has 0 fully saturated rings. The summed E-state index contributed by atoms with van der Waals surface area (Å²) >= 11 is 1.51. The molecule has 0 radical (unpaired) electrons. The number of furan rings is 1. The van der Waals surface area contributed by atoms with Crippen molar-refractivity contribution in [2.24, 2.45) is 0 Å². The van der Waals surface area contributed by atoms with E-state index in [4.69, 9.17) is 9.15 Å². The van der Waals surface area contributed by atoms with E-state index in [1.807, 2.05) is 16.8 Å². The first kappa shape index (κ1) is 15.6. The van der Waals surface area contributed by atoms with Crippen LogP contribution in [0.2, 0.25) is 0 Å². The van der Waals surface area contributed by atoms with Crippen molar-refractivity contribution in [2.75, 3.05) is 13.7 Å². The second kappa shape index (κ2) is 6.44. The van der Waals surface area contributed by atoms with E-state index in [1.165, 1.54) is 11.3 Å². The van der Waals surface area contributed by atoms with E-state index in [2.05, 4.69) is 5.32 Å². The van der Waals surface area contributed by atoms with Gasteiger partial charge in [0.25, 0.3) is 5.91 Å². The molecule has 2 aromatic heterocycles. The lowest BCUT2D eigenvalue weighted by Crippen LogP contribution is -2.28. The van der Waals surface area contributed by atoms with Gasteiger partial charge < -0.3 is 19.6 Å². The summed E-state index contributed by atoms with van der Waals surface area (Å²) in [6, 6.07) is 7.17. The molecule has 1 atom stereocenters. The van der Waals surface area contributed by atoms with Crippen molar-refractivity contribution in [1.82, 2.24) is 5.32 Å². The first-order chi connectivity index (χ1) is 11.1. The van der Waals surface area contributed by atoms with E-state index < -0.39 is 6.10 Å². The van der Waals surface area contributed by atoms with Gasteiger partial charge in [-0.1, -0.05) is 0 Å². The van der Waals surface area contributed by atoms with Crippen LogP contribution in [0.5, 0.6) is 5.75 Å². The Bertz CT molecular complexity index is 823. The van der Waals surface area contributed by atoms with Crippen molar-refractivity contribution >= 4 is 28.2 Å². The minimum Gasteiger partial charge on any atom is -0.497 e. The highest BCUT2D eigenvalue weighted by atomic mass is 32.1. The molecular formula is C17H17NO4S. The SMILES string of the molecule is COc1ccc2oc(C)c(C(=O)NCC(O)c3ccsc3)c2c1. The molecule has 3 aromatic rings. The fraction of sp³-hybridized carbons (Fsp3) is 0.235. The van der Waals surface area contributed by atoms with Crippen LogP contribution in [0.15, 0.2) is 39.4 Å². The minimum atomic E-state index is -0.724. The summed E-state index contributed by atoms with van der Waals surface area (Å²) < 4.78 is 10.8. The average Bonchev–Trinajstić information content (AvgIpc) is 3.18. The van der Waals surface area contributed by atoms with Gasteiger partial charge in [-0.15, -0.1) is 0 Å². The predicted molar refractivity (Wildman–Crippen MR) is 89.1 cm³/mol. The highest BCUT2D eigenvalue weighted by Crippen LogP contribution is 2.29. The Morgan fingerprint density at radius 3 is 2.96 bits per heavy atom. The molecular weight excluding hydrogens is 314 g/mol. The van der Waals surface area contributed by atoms with Crippen molar-refractivity contribution in [3.8, 4) is 5.75 Å². The maximum atomic E-state index is 12.5. The number of amides is 1. The fourth-order valence-corrected chi connectivity index (χ4v) is 3.18. The van der Waals surface area contributed by atoms with E-state index in [9.17, 15) is 9.90 Å². The van der Waals surface area contributed by atoms with Crippen molar-refractivity contribution < 1.29 is 19.1 Å². The monoisotopic (exact) mass is 331 g/mol. The van der Waals surface area contributed by atoms with Gasteiger partial charge in [-0.25, -0.2) is 0 Å². The molecule has 6 heteroatoms. The lowest BCUT2D eigenvalue weighted by Gasteiger charge is -2.10. The third kappa shape index (κ3) is 3.09. The number of benzene rings is 1. The Labute approximate surface area is 137 Å². The third-order valence-corrected chi connectivity index (χ3v) is 4.38. The van der Waals surface area contributed by atoms with Gasteiger partial charge >= 0.3 is 0 Å². The number of rotatable bonds is 5. The average molecular weight is 331 g/mol. The predicted octanol–water partition coefficient (Wildman–Crippen LogP) is 3.27. The molecule has 1 amide bonds. The maximum Gasteiger partial charge on any atom is 0.255 e. The number of thiophene rings is 1. The molecule has 120 valence electrons. The number of aliphatic hydroxyl groups is 1. The molecule has 0 aliphatic heterocycles. The molecule has 0 aliphatic carbocycles. The lowest BCUT2D eigenvalue weighted by molar-refractivity contribution is 0.0916. The van der Waals surface area contributed by atoms with Gasteiger partial charge in [-0.05, 0) is 47.5 Å². The summed E-state index contributed by atoms with van der Waals surface area (Å²) in [4.78, 5) is 12.5. The van der Waals surface area contributed by atoms with Crippen LogP contribution in [-0.2, 0) is 0 Å². The Morgan fingerprint density at radius 1 is 1.43 bits per heavy atom. The van der Waals surface area contributed by atoms with Gasteiger partial charge in [0.15, 0.2) is 0 Å². The number of fused-ring (bicyclic) bond motifs is 1. The molecule has 23 heavy (non-hydrogen) atoms. The first-order valence-electron chi connectivity index (χ1n) is 7.15. The highest BCUT2D eigenvalue weighted by molar-refractivity contribution is 7.07. The molecule has 5 nitrogen and oxygen atoms in total. The summed E-state index contributed by atoms with van der Waals surface area (Å²) in [7, 11) is 1.57. The molecule has 0 bridgehead atoms. The standard InChI is InChI=1S/C17H17NO4S/c1-10-16(13-7-12(21-2)3-4-15(13)22-10)17(20)18-8-14(19)11-5-6-23-9-11/h3-7,9,14,19H,8H2,1-2H3,(H,18,20). The Balaban J connectivity index is 1.81. The zero-order valence-electron chi connectivity index (χ0n) is 12.8. The largest absolute Gasteiger partial charge is 0.497 e. The number of carbonyl (C=O) groups excluding carboxylic acids is 1. The minimum absolute atomic E-state index is 0.144. The number of aliphatic hydroxyl groups excluding tert-OH is 1. The highest BCUT2D eigenvalue weighted by Gasteiger charge is 2.19. The summed E-state index contributed by atoms with van der Waals surface area (Å²) in [6.07, 6.45) is -0.724. The molecule has 0 saturated heterocycles. The smallest absolute Gasteiger partial charge is 0.255 e. The van der Waals surface area contributed by atoms with E-state index >= 15 is 0 Å². The number of nitrogens with one attached hydrogen (secondary N) is 1. The number of carbonyl (C=O) groups is 1. The van der Waals surface area contributed by atoms with Crippen molar-refractivity contribution in [3.63, 3.8) is 0 Å². The number of methoxy groups -OCH3 is 1. The van der Waals surface area contributed by atoms with Gasteiger partial charge in [-0.2, -0.15) is 11.3 Å². The summed E-state index contributed by atoms with van der Waals surface area (Å²) in [5.74, 6) is 0.921. The van der Waals surface area contributed by atoms with Crippen molar-refractivity contribution in [2.45, 2.75) is 13.0 Å². The topological polar surface area (TPSA) is 71.7 Å². The second-order valence-corrected chi connectivity index (χ2v) is 5.96. The number of aryl methyl sites for hydroxylation is 1. The fourth-order valence-electron chi connectivity index (χ4n) is 2.47. The van der Waals surface area contributed by atoms with Crippen LogP contribution < -0.4 is 10.1 Å². The van der Waals surface area contributed by atoms with E-state index in [1.54, 1.807) is 32.2 Å². The maximum absolute atomic E-state index is 12.5. The van der Waals surface area contributed by atoms with Gasteiger partial charge in [0.05, 0.1) is 18.8 Å². The molecule has 3 rings (SSSR count). The third-order valence-electron chi connectivity index (χ3n) is 3.68. The van der Waals surface area contributed by atoms with Crippen LogP contribution in [-0.4, -0.2) is 24.7 Å². The van der Waals surface area contributed by atoms with Crippen LogP contribution in [0, 0.1) is 6.92 Å². The van der Waals surface area contributed by atoms with Crippen LogP contribution in [0.25, 0.3) is 11.0 Å². The van der Waals surface area contributed by atoms with Crippen LogP contribution in [0.1, 0.15) is 27.8 Å². The number of ether oxygens (including phenoxy) is 1. The van der Waals surface area contributed by atoms with Gasteiger partial charge in [0, 0.05) is 11.9 Å². The molecule has 2 heterocycles. The van der Waals surface area contributed by atoms with E-state index in [0.717, 1.165) is 5.56 Å².